The zero-order chi connectivity index (χ0) is 34.6. The van der Waals surface area contributed by atoms with Crippen LogP contribution < -0.4 is 24.8 Å². The predicted molar refractivity (Wildman–Crippen MR) is 204 cm³/mol. The summed E-state index contributed by atoms with van der Waals surface area (Å²) in [7, 11) is 0. The van der Waals surface area contributed by atoms with Crippen molar-refractivity contribution in [2.75, 3.05) is 0 Å². The quantitative estimate of drug-likeness (QED) is 0.176. The third kappa shape index (κ3) is 11.3. The van der Waals surface area contributed by atoms with Crippen molar-refractivity contribution in [1.82, 2.24) is 0 Å². The van der Waals surface area contributed by atoms with Gasteiger partial charge in [0.1, 0.15) is 0 Å². The first-order valence-corrected chi connectivity index (χ1v) is 18.4. The molecule has 0 aliphatic heterocycles. The molecule has 0 spiro atoms. The van der Waals surface area contributed by atoms with Gasteiger partial charge in [0.05, 0.1) is 0 Å². The number of hydrogen-bond donors (Lipinski definition) is 0. The molecule has 0 radical (unpaired) electrons. The Hall–Kier alpha value is -2.44. The maximum absolute atomic E-state index is 3.48. The van der Waals surface area contributed by atoms with Gasteiger partial charge in [0, 0.05) is 0 Å². The Kier molecular flexibility index (Phi) is 15.4. The minimum atomic E-state index is 0. The monoisotopic (exact) mass is 766 g/mol. The summed E-state index contributed by atoms with van der Waals surface area (Å²) in [6.07, 6.45) is 6.95. The number of hydrogen-bond acceptors (Lipinski definition) is 0. The molecular formula is C46H54Cl2Zr-2. The number of halogens is 2. The standard InChI is InChI=1S/C21H25.C13H10.C12H19.2ClH.Zr/c1-20(2,3)16-9-7-14-11-15-8-10-17(21(4,5)6)13-19(15)18(14)12-16;1-3-7-12(8-4-1)11-13-9-5-2-6-10-13;1-6-10-7-9(2)8-11(10)12(3,4)5;;;/h7-13H,1-6H3;1-10H;8-9H,6H2,1-5H3;2*1H;/q-1;;-1;;;+2/p-2. The molecule has 0 amide bonds. The van der Waals surface area contributed by atoms with E-state index in [2.05, 4.69) is 191 Å². The Morgan fingerprint density at radius 3 is 1.37 bits per heavy atom. The zero-order valence-corrected chi connectivity index (χ0v) is 35.4. The van der Waals surface area contributed by atoms with E-state index in [1.807, 2.05) is 0 Å². The summed E-state index contributed by atoms with van der Waals surface area (Å²) in [5.74, 6) is 0.522. The van der Waals surface area contributed by atoms with Crippen molar-refractivity contribution < 1.29 is 49.0 Å². The van der Waals surface area contributed by atoms with Gasteiger partial charge in [0.25, 0.3) is 0 Å². The van der Waals surface area contributed by atoms with Crippen LogP contribution in [-0.4, -0.2) is 3.21 Å². The fourth-order valence-corrected chi connectivity index (χ4v) is 6.87. The first kappa shape index (κ1) is 42.7. The van der Waals surface area contributed by atoms with Gasteiger partial charge in [-0.1, -0.05) is 129 Å². The van der Waals surface area contributed by atoms with Crippen molar-refractivity contribution in [3.05, 3.63) is 149 Å². The molecule has 1 unspecified atom stereocenters. The minimum absolute atomic E-state index is 0. The molecule has 49 heavy (non-hydrogen) atoms. The van der Waals surface area contributed by atoms with Crippen molar-refractivity contribution in [2.45, 2.75) is 93.4 Å². The molecule has 258 valence electrons. The first-order chi connectivity index (χ1) is 22.0. The fourth-order valence-electron chi connectivity index (χ4n) is 6.05. The summed E-state index contributed by atoms with van der Waals surface area (Å²) in [4.78, 5) is 0. The molecular weight excluding hydrogens is 715 g/mol. The summed E-state index contributed by atoms with van der Waals surface area (Å²) in [6.45, 7) is 24.9. The molecule has 0 nitrogen and oxygen atoms in total. The summed E-state index contributed by atoms with van der Waals surface area (Å²) >= 11 is 1.46. The van der Waals surface area contributed by atoms with Gasteiger partial charge in [-0.15, -0.1) is 39.7 Å². The summed E-state index contributed by atoms with van der Waals surface area (Å²) in [5.41, 5.74) is 9.08. The zero-order valence-electron chi connectivity index (χ0n) is 31.4. The molecule has 3 heteroatoms. The van der Waals surface area contributed by atoms with Crippen molar-refractivity contribution in [2.24, 2.45) is 11.3 Å². The Morgan fingerprint density at radius 1 is 0.633 bits per heavy atom. The van der Waals surface area contributed by atoms with Gasteiger partial charge in [-0.05, 0) is 10.8 Å². The molecule has 0 saturated heterocycles. The normalized spacial score (nSPS) is 14.3. The second kappa shape index (κ2) is 17.7. The van der Waals surface area contributed by atoms with E-state index in [-0.39, 0.29) is 35.6 Å². The van der Waals surface area contributed by atoms with E-state index in [0.29, 0.717) is 11.3 Å². The molecule has 0 bridgehead atoms. The van der Waals surface area contributed by atoms with Crippen LogP contribution in [0.3, 0.4) is 0 Å². The van der Waals surface area contributed by atoms with E-state index in [9.17, 15) is 0 Å². The van der Waals surface area contributed by atoms with Crippen molar-refractivity contribution in [1.29, 1.82) is 0 Å². The Labute approximate surface area is 325 Å². The van der Waals surface area contributed by atoms with Crippen LogP contribution in [0.5, 0.6) is 0 Å². The Bertz CT molecular complexity index is 1760. The van der Waals surface area contributed by atoms with E-state index in [4.69, 9.17) is 0 Å². The van der Waals surface area contributed by atoms with Crippen molar-refractivity contribution in [3.63, 3.8) is 0 Å². The molecule has 1 atom stereocenters. The van der Waals surface area contributed by atoms with Crippen LogP contribution in [0.25, 0.3) is 21.5 Å². The molecule has 0 heterocycles. The van der Waals surface area contributed by atoms with Gasteiger partial charge in [-0.2, -0.15) is 11.6 Å². The molecule has 0 N–H and O–H groups in total. The molecule has 0 fully saturated rings. The van der Waals surface area contributed by atoms with Gasteiger partial charge >= 0.3 is 99.2 Å². The topological polar surface area (TPSA) is 0 Å². The number of benzene rings is 4. The van der Waals surface area contributed by atoms with Gasteiger partial charge in [0.2, 0.25) is 0 Å². The van der Waals surface area contributed by atoms with E-state index in [0.717, 1.165) is 6.42 Å². The van der Waals surface area contributed by atoms with Crippen LogP contribution in [0, 0.1) is 17.4 Å². The van der Waals surface area contributed by atoms with Gasteiger partial charge in [-0.25, -0.2) is 5.57 Å². The molecule has 1 aliphatic rings. The Morgan fingerprint density at radius 2 is 1.04 bits per heavy atom. The van der Waals surface area contributed by atoms with Crippen LogP contribution in [0.4, 0.5) is 0 Å². The van der Waals surface area contributed by atoms with Crippen LogP contribution in [0.1, 0.15) is 105 Å². The van der Waals surface area contributed by atoms with Crippen LogP contribution >= 0.6 is 0 Å². The number of allylic oxidation sites excluding steroid dienone is 4. The van der Waals surface area contributed by atoms with Crippen LogP contribution in [0.2, 0.25) is 0 Å². The molecule has 1 aliphatic carbocycles. The van der Waals surface area contributed by atoms with Crippen LogP contribution in [0.15, 0.2) is 120 Å². The molecule has 0 saturated carbocycles. The average Bonchev–Trinajstić information content (AvgIpc) is 3.61. The summed E-state index contributed by atoms with van der Waals surface area (Å²) in [6, 6.07) is 37.3. The fraction of sp³-hybridized carbons (Fsp3) is 0.348. The van der Waals surface area contributed by atoms with Gasteiger partial charge < -0.3 is 24.8 Å². The number of rotatable bonds is 3. The molecule has 0 aromatic heterocycles. The second-order valence-electron chi connectivity index (χ2n) is 16.0. The van der Waals surface area contributed by atoms with Crippen LogP contribution in [-0.2, 0) is 35.1 Å². The van der Waals surface area contributed by atoms with Gasteiger partial charge in [-0.3, -0.25) is 6.08 Å². The van der Waals surface area contributed by atoms with E-state index in [1.165, 1.54) is 82.4 Å². The summed E-state index contributed by atoms with van der Waals surface area (Å²) in [5, 5.41) is 5.49. The van der Waals surface area contributed by atoms with Gasteiger partial charge in [0.15, 0.2) is 0 Å². The molecule has 6 rings (SSSR count). The molecule has 5 aromatic carbocycles. The first-order valence-electron chi connectivity index (χ1n) is 17.2. The summed E-state index contributed by atoms with van der Waals surface area (Å²) < 4.78 is 1.42. The number of fused-ring (bicyclic) bond motifs is 3. The third-order valence-electron chi connectivity index (χ3n) is 8.87. The Balaban J connectivity index is 0.000000262. The van der Waals surface area contributed by atoms with Crippen molar-refractivity contribution in [3.8, 4) is 0 Å². The van der Waals surface area contributed by atoms with E-state index >= 15 is 0 Å². The molecule has 5 aromatic rings. The third-order valence-corrected chi connectivity index (χ3v) is 10.3. The SMILES string of the molecule is CC(C)(C)c1ccc2[cH-]c3ccc(C(C)(C)C)cc3c2c1.CCC1=[C-]C(C)C=C1C(C)(C)C.[Cl-].[Cl-].[Zr+2]=[C](c1ccccc1)c1ccccc1. The average molecular weight is 769 g/mol. The maximum atomic E-state index is 3.48. The van der Waals surface area contributed by atoms with E-state index in [1.54, 1.807) is 0 Å². The van der Waals surface area contributed by atoms with Crippen molar-refractivity contribution >= 4 is 24.8 Å². The predicted octanol–water partition coefficient (Wildman–Crippen LogP) is 6.87. The second-order valence-corrected chi connectivity index (χ2v) is 17.2. The van der Waals surface area contributed by atoms with E-state index < -0.39 is 0 Å².